The number of nitrogens with one attached hydrogen (secondary N) is 1. The van der Waals surface area contributed by atoms with Crippen LogP contribution in [0.2, 0.25) is 5.02 Å². The zero-order chi connectivity index (χ0) is 20.0. The molecule has 2 amide bonds. The van der Waals surface area contributed by atoms with Gasteiger partial charge in [0.1, 0.15) is 11.6 Å². The van der Waals surface area contributed by atoms with Crippen molar-refractivity contribution in [2.75, 3.05) is 26.2 Å². The van der Waals surface area contributed by atoms with Gasteiger partial charge in [-0.2, -0.15) is 0 Å². The van der Waals surface area contributed by atoms with Gasteiger partial charge in [0.25, 0.3) is 17.5 Å². The van der Waals surface area contributed by atoms with Crippen LogP contribution in [0.4, 0.5) is 5.69 Å². The van der Waals surface area contributed by atoms with Gasteiger partial charge >= 0.3 is 5.97 Å². The third-order valence-electron chi connectivity index (χ3n) is 4.29. The largest absolute Gasteiger partial charge is 0.454 e. The molecule has 1 N–H and O–H groups in total. The summed E-state index contributed by atoms with van der Waals surface area (Å²) in [5.41, 5.74) is -0.425. The summed E-state index contributed by atoms with van der Waals surface area (Å²) < 4.78 is 4.88. The van der Waals surface area contributed by atoms with Crippen molar-refractivity contribution in [3.8, 4) is 0 Å². The topological polar surface area (TPSA) is 119 Å². The number of ether oxygens (including phenoxy) is 1. The number of esters is 1. The third-order valence-corrected chi connectivity index (χ3v) is 4.61. The monoisotopic (exact) mass is 397 g/mol. The van der Waals surface area contributed by atoms with Crippen molar-refractivity contribution in [3.05, 3.63) is 38.9 Å². The molecule has 0 radical (unpaired) electrons. The predicted octanol–water partition coefficient (Wildman–Crippen LogP) is 1.78. The molecule has 1 aromatic carbocycles. The van der Waals surface area contributed by atoms with Crippen LogP contribution in [-0.2, 0) is 14.3 Å². The molecular formula is C17H20ClN3O6. The van der Waals surface area contributed by atoms with E-state index in [0.717, 1.165) is 18.9 Å². The fraction of sp³-hybridized carbons (Fsp3) is 0.471. The Kier molecular flexibility index (Phi) is 7.12. The van der Waals surface area contributed by atoms with Gasteiger partial charge in [-0.05, 0) is 30.9 Å². The molecule has 0 bridgehead atoms. The van der Waals surface area contributed by atoms with Crippen LogP contribution in [-0.4, -0.2) is 53.8 Å². The van der Waals surface area contributed by atoms with Crippen LogP contribution in [0.25, 0.3) is 0 Å². The van der Waals surface area contributed by atoms with Crippen LogP contribution in [0.15, 0.2) is 18.2 Å². The second-order valence-electron chi connectivity index (χ2n) is 6.33. The molecule has 1 heterocycles. The lowest BCUT2D eigenvalue weighted by Gasteiger charge is -2.30. The SMILES string of the molecule is CC1CCN(C(=O)COC(=O)CNC(=O)c2ccc(Cl)c([N+](=O)[O-])c2)CC1. The highest BCUT2D eigenvalue weighted by molar-refractivity contribution is 6.32. The molecular weight excluding hydrogens is 378 g/mol. The van der Waals surface area contributed by atoms with Gasteiger partial charge in [-0.3, -0.25) is 24.5 Å². The van der Waals surface area contributed by atoms with Crippen molar-refractivity contribution < 1.29 is 24.0 Å². The molecule has 1 aliphatic heterocycles. The Morgan fingerprint density at radius 2 is 2.00 bits per heavy atom. The van der Waals surface area contributed by atoms with Gasteiger partial charge < -0.3 is 15.0 Å². The van der Waals surface area contributed by atoms with Crippen molar-refractivity contribution in [1.29, 1.82) is 0 Å². The number of nitrogens with zero attached hydrogens (tertiary/aromatic N) is 2. The second-order valence-corrected chi connectivity index (χ2v) is 6.74. The number of piperidine rings is 1. The first-order valence-electron chi connectivity index (χ1n) is 8.43. The van der Waals surface area contributed by atoms with Gasteiger partial charge in [0, 0.05) is 24.7 Å². The number of amides is 2. The number of nitro benzene ring substituents is 1. The van der Waals surface area contributed by atoms with Crippen molar-refractivity contribution in [1.82, 2.24) is 10.2 Å². The minimum absolute atomic E-state index is 0.0163. The zero-order valence-corrected chi connectivity index (χ0v) is 15.5. The number of nitro groups is 1. The van der Waals surface area contributed by atoms with Gasteiger partial charge in [-0.15, -0.1) is 0 Å². The Hall–Kier alpha value is -2.68. The van der Waals surface area contributed by atoms with Gasteiger partial charge in [-0.1, -0.05) is 18.5 Å². The molecule has 1 aliphatic rings. The lowest BCUT2D eigenvalue weighted by molar-refractivity contribution is -0.384. The average Bonchev–Trinajstić information content (AvgIpc) is 2.64. The fourth-order valence-corrected chi connectivity index (χ4v) is 2.78. The maximum absolute atomic E-state index is 12.0. The number of rotatable bonds is 6. The van der Waals surface area contributed by atoms with Crippen LogP contribution < -0.4 is 5.32 Å². The molecule has 1 aromatic rings. The first-order chi connectivity index (χ1) is 12.8. The Morgan fingerprint density at radius 3 is 2.63 bits per heavy atom. The summed E-state index contributed by atoms with van der Waals surface area (Å²) in [5.74, 6) is -1.15. The van der Waals surface area contributed by atoms with E-state index in [1.165, 1.54) is 12.1 Å². The van der Waals surface area contributed by atoms with Gasteiger partial charge in [-0.25, -0.2) is 0 Å². The Bertz CT molecular complexity index is 746. The quantitative estimate of drug-likeness (QED) is 0.444. The summed E-state index contributed by atoms with van der Waals surface area (Å²) in [6, 6.07) is 3.55. The summed E-state index contributed by atoms with van der Waals surface area (Å²) in [4.78, 5) is 47.5. The van der Waals surface area contributed by atoms with Crippen LogP contribution in [0.5, 0.6) is 0 Å². The minimum Gasteiger partial charge on any atom is -0.454 e. The normalized spacial score (nSPS) is 14.5. The van der Waals surface area contributed by atoms with E-state index in [9.17, 15) is 24.5 Å². The van der Waals surface area contributed by atoms with Crippen LogP contribution in [0.1, 0.15) is 30.1 Å². The molecule has 0 aromatic heterocycles. The maximum Gasteiger partial charge on any atom is 0.325 e. The smallest absolute Gasteiger partial charge is 0.325 e. The van der Waals surface area contributed by atoms with Crippen molar-refractivity contribution in [2.24, 2.45) is 5.92 Å². The summed E-state index contributed by atoms with van der Waals surface area (Å²) in [6.45, 7) is 2.57. The lowest BCUT2D eigenvalue weighted by Crippen LogP contribution is -2.41. The zero-order valence-electron chi connectivity index (χ0n) is 14.8. The summed E-state index contributed by atoms with van der Waals surface area (Å²) >= 11 is 5.68. The molecule has 0 spiro atoms. The van der Waals surface area contributed by atoms with Crippen LogP contribution >= 0.6 is 11.6 Å². The van der Waals surface area contributed by atoms with Crippen LogP contribution in [0.3, 0.4) is 0 Å². The Morgan fingerprint density at radius 1 is 1.33 bits per heavy atom. The van der Waals surface area contributed by atoms with E-state index >= 15 is 0 Å². The first kappa shape index (κ1) is 20.6. The van der Waals surface area contributed by atoms with Crippen molar-refractivity contribution in [2.45, 2.75) is 19.8 Å². The van der Waals surface area contributed by atoms with Crippen molar-refractivity contribution in [3.63, 3.8) is 0 Å². The number of hydrogen-bond acceptors (Lipinski definition) is 6. The Labute approximate surface area is 160 Å². The molecule has 9 nitrogen and oxygen atoms in total. The molecule has 10 heteroatoms. The highest BCUT2D eigenvalue weighted by Gasteiger charge is 2.21. The minimum atomic E-state index is -0.773. The predicted molar refractivity (Wildman–Crippen MR) is 96.4 cm³/mol. The molecule has 0 aliphatic carbocycles. The molecule has 0 saturated carbocycles. The molecule has 1 saturated heterocycles. The number of benzene rings is 1. The van der Waals surface area contributed by atoms with E-state index in [1.807, 2.05) is 0 Å². The van der Waals surface area contributed by atoms with E-state index in [2.05, 4.69) is 12.2 Å². The van der Waals surface area contributed by atoms with Crippen LogP contribution in [0, 0.1) is 16.0 Å². The molecule has 2 rings (SSSR count). The summed E-state index contributed by atoms with van der Waals surface area (Å²) in [7, 11) is 0. The maximum atomic E-state index is 12.0. The van der Waals surface area contributed by atoms with E-state index in [4.69, 9.17) is 16.3 Å². The highest BCUT2D eigenvalue weighted by atomic mass is 35.5. The highest BCUT2D eigenvalue weighted by Crippen LogP contribution is 2.24. The van der Waals surface area contributed by atoms with Crippen molar-refractivity contribution >= 4 is 35.1 Å². The van der Waals surface area contributed by atoms with E-state index in [1.54, 1.807) is 4.90 Å². The number of carbonyl (C=O) groups is 3. The average molecular weight is 398 g/mol. The summed E-state index contributed by atoms with van der Waals surface area (Å²) in [6.07, 6.45) is 1.84. The Balaban J connectivity index is 1.78. The lowest BCUT2D eigenvalue weighted by atomic mass is 9.99. The number of carbonyl (C=O) groups excluding carboxylic acids is 3. The third kappa shape index (κ3) is 5.92. The molecule has 0 atom stereocenters. The molecule has 0 unspecified atom stereocenters. The number of likely N-dealkylation sites (tertiary alicyclic amines) is 1. The number of hydrogen-bond donors (Lipinski definition) is 1. The van der Waals surface area contributed by atoms with Gasteiger partial charge in [0.05, 0.1) is 4.92 Å². The number of halogens is 1. The standard InChI is InChI=1S/C17H20ClN3O6/c1-11-4-6-20(7-5-11)15(22)10-27-16(23)9-19-17(24)12-2-3-13(18)14(8-12)21(25)26/h2-3,8,11H,4-7,9-10H2,1H3,(H,19,24). The molecule has 27 heavy (non-hydrogen) atoms. The van der Waals surface area contributed by atoms with E-state index < -0.39 is 29.0 Å². The molecule has 146 valence electrons. The van der Waals surface area contributed by atoms with Gasteiger partial charge in [0.2, 0.25) is 0 Å². The van der Waals surface area contributed by atoms with E-state index in [-0.39, 0.29) is 23.1 Å². The van der Waals surface area contributed by atoms with E-state index in [0.29, 0.717) is 19.0 Å². The fourth-order valence-electron chi connectivity index (χ4n) is 2.59. The summed E-state index contributed by atoms with van der Waals surface area (Å²) in [5, 5.41) is 13.0. The molecule has 1 fully saturated rings. The first-order valence-corrected chi connectivity index (χ1v) is 8.81. The van der Waals surface area contributed by atoms with Gasteiger partial charge in [0.15, 0.2) is 6.61 Å². The second kappa shape index (κ2) is 9.31.